The summed E-state index contributed by atoms with van der Waals surface area (Å²) in [6.45, 7) is 7.91. The minimum Gasteiger partial charge on any atom is -0.389 e. The number of likely N-dealkylation sites (tertiary alicyclic amines) is 1. The van der Waals surface area contributed by atoms with Crippen LogP contribution in [0.4, 0.5) is 0 Å². The maximum absolute atomic E-state index is 9.78. The normalized spacial score (nSPS) is 26.5. The van der Waals surface area contributed by atoms with Gasteiger partial charge in [0, 0.05) is 19.6 Å². The number of rotatable bonds is 4. The van der Waals surface area contributed by atoms with Crippen molar-refractivity contribution in [2.45, 2.75) is 44.8 Å². The van der Waals surface area contributed by atoms with Crippen molar-refractivity contribution in [3.63, 3.8) is 0 Å². The van der Waals surface area contributed by atoms with Gasteiger partial charge in [-0.3, -0.25) is 4.90 Å². The quantitative estimate of drug-likeness (QED) is 0.677. The molecule has 0 aromatic carbocycles. The first kappa shape index (κ1) is 11.0. The summed E-state index contributed by atoms with van der Waals surface area (Å²) in [4.78, 5) is 2.10. The Balaban J connectivity index is 2.29. The lowest BCUT2D eigenvalue weighted by Crippen LogP contribution is -2.63. The second-order valence-electron chi connectivity index (χ2n) is 4.57. The molecule has 1 atom stereocenters. The number of β-amino-alcohol motifs (C(OH)–C–C–N with tert-alkyl or cyclic N) is 2. The first-order valence-corrected chi connectivity index (χ1v) is 5.08. The van der Waals surface area contributed by atoms with E-state index in [1.807, 2.05) is 20.8 Å². The van der Waals surface area contributed by atoms with Crippen molar-refractivity contribution in [1.29, 1.82) is 0 Å². The van der Waals surface area contributed by atoms with E-state index >= 15 is 0 Å². The molecule has 1 rings (SSSR count). The molecule has 0 amide bonds. The Hall–Kier alpha value is -0.120. The van der Waals surface area contributed by atoms with E-state index in [2.05, 4.69) is 4.90 Å². The Bertz CT molecular complexity index is 174. The highest BCUT2D eigenvalue weighted by atomic mass is 16.3. The van der Waals surface area contributed by atoms with Crippen molar-refractivity contribution in [1.82, 2.24) is 4.90 Å². The first-order chi connectivity index (χ1) is 5.91. The molecule has 1 fully saturated rings. The van der Waals surface area contributed by atoms with Gasteiger partial charge in [-0.1, -0.05) is 13.8 Å². The summed E-state index contributed by atoms with van der Waals surface area (Å²) in [5.74, 6) is 0. The van der Waals surface area contributed by atoms with Gasteiger partial charge < -0.3 is 10.2 Å². The smallest absolute Gasteiger partial charge is 0.0897 e. The molecule has 1 unspecified atom stereocenters. The molecule has 0 bridgehead atoms. The van der Waals surface area contributed by atoms with Crippen LogP contribution in [0, 0.1) is 0 Å². The van der Waals surface area contributed by atoms with E-state index < -0.39 is 11.2 Å². The lowest BCUT2D eigenvalue weighted by molar-refractivity contribution is -0.123. The SMILES string of the molecule is CCC(C)(O)CN1CC(O)(CC)C1. The van der Waals surface area contributed by atoms with E-state index in [1.165, 1.54) is 0 Å². The van der Waals surface area contributed by atoms with Crippen LogP contribution in [-0.4, -0.2) is 45.9 Å². The van der Waals surface area contributed by atoms with Crippen LogP contribution in [0.1, 0.15) is 33.6 Å². The fourth-order valence-electron chi connectivity index (χ4n) is 1.72. The van der Waals surface area contributed by atoms with Crippen molar-refractivity contribution in [3.05, 3.63) is 0 Å². The molecule has 0 aromatic rings. The van der Waals surface area contributed by atoms with Gasteiger partial charge in [-0.25, -0.2) is 0 Å². The average molecular weight is 187 g/mol. The van der Waals surface area contributed by atoms with Gasteiger partial charge in [-0.2, -0.15) is 0 Å². The Morgan fingerprint density at radius 2 is 1.92 bits per heavy atom. The fraction of sp³-hybridized carbons (Fsp3) is 1.00. The summed E-state index contributed by atoms with van der Waals surface area (Å²) in [5, 5.41) is 19.5. The molecule has 0 spiro atoms. The molecular weight excluding hydrogens is 166 g/mol. The van der Waals surface area contributed by atoms with Crippen LogP contribution in [-0.2, 0) is 0 Å². The summed E-state index contributed by atoms with van der Waals surface area (Å²) in [7, 11) is 0. The fourth-order valence-corrected chi connectivity index (χ4v) is 1.72. The Morgan fingerprint density at radius 1 is 1.38 bits per heavy atom. The van der Waals surface area contributed by atoms with Crippen LogP contribution >= 0.6 is 0 Å². The third-order valence-corrected chi connectivity index (χ3v) is 3.02. The molecule has 0 radical (unpaired) electrons. The Morgan fingerprint density at radius 3 is 2.31 bits per heavy atom. The van der Waals surface area contributed by atoms with E-state index in [0.717, 1.165) is 12.8 Å². The zero-order valence-electron chi connectivity index (χ0n) is 8.88. The number of aliphatic hydroxyl groups is 2. The van der Waals surface area contributed by atoms with Gasteiger partial charge in [0.05, 0.1) is 11.2 Å². The standard InChI is InChI=1S/C10H21NO2/c1-4-9(3,12)6-11-7-10(13,5-2)8-11/h12-13H,4-8H2,1-3H3. The van der Waals surface area contributed by atoms with Crippen LogP contribution in [0.3, 0.4) is 0 Å². The van der Waals surface area contributed by atoms with Gasteiger partial charge in [-0.05, 0) is 19.8 Å². The maximum Gasteiger partial charge on any atom is 0.0897 e. The lowest BCUT2D eigenvalue weighted by atomic mass is 9.89. The Kier molecular flexibility index (Phi) is 3.00. The third kappa shape index (κ3) is 2.66. The van der Waals surface area contributed by atoms with Crippen LogP contribution in [0.2, 0.25) is 0 Å². The van der Waals surface area contributed by atoms with E-state index in [9.17, 15) is 10.2 Å². The minimum atomic E-state index is -0.602. The lowest BCUT2D eigenvalue weighted by Gasteiger charge is -2.48. The van der Waals surface area contributed by atoms with Gasteiger partial charge in [0.25, 0.3) is 0 Å². The first-order valence-electron chi connectivity index (χ1n) is 5.08. The van der Waals surface area contributed by atoms with Gasteiger partial charge in [0.15, 0.2) is 0 Å². The maximum atomic E-state index is 9.78. The number of nitrogens with zero attached hydrogens (tertiary/aromatic N) is 1. The van der Waals surface area contributed by atoms with Gasteiger partial charge in [0.2, 0.25) is 0 Å². The molecule has 13 heavy (non-hydrogen) atoms. The van der Waals surface area contributed by atoms with Crippen molar-refractivity contribution >= 4 is 0 Å². The summed E-state index contributed by atoms with van der Waals surface area (Å²) in [6, 6.07) is 0. The van der Waals surface area contributed by atoms with Crippen LogP contribution in [0.25, 0.3) is 0 Å². The molecule has 1 heterocycles. The largest absolute Gasteiger partial charge is 0.389 e. The van der Waals surface area contributed by atoms with Crippen molar-refractivity contribution in [2.75, 3.05) is 19.6 Å². The molecule has 2 N–H and O–H groups in total. The molecule has 1 saturated heterocycles. The minimum absolute atomic E-state index is 0.482. The highest BCUT2D eigenvalue weighted by Gasteiger charge is 2.41. The third-order valence-electron chi connectivity index (χ3n) is 3.02. The van der Waals surface area contributed by atoms with Gasteiger partial charge >= 0.3 is 0 Å². The van der Waals surface area contributed by atoms with E-state index in [-0.39, 0.29) is 0 Å². The predicted molar refractivity (Wildman–Crippen MR) is 52.6 cm³/mol. The molecular formula is C10H21NO2. The summed E-state index contributed by atoms with van der Waals surface area (Å²) < 4.78 is 0. The molecule has 3 nitrogen and oxygen atoms in total. The van der Waals surface area contributed by atoms with Crippen molar-refractivity contribution < 1.29 is 10.2 Å². The molecule has 78 valence electrons. The summed E-state index contributed by atoms with van der Waals surface area (Å²) in [5.41, 5.74) is -1.08. The topological polar surface area (TPSA) is 43.7 Å². The number of hydrogen-bond donors (Lipinski definition) is 2. The zero-order chi connectivity index (χ0) is 10.1. The van der Waals surface area contributed by atoms with E-state index in [0.29, 0.717) is 19.6 Å². The van der Waals surface area contributed by atoms with Crippen LogP contribution in [0.5, 0.6) is 0 Å². The molecule has 1 aliphatic heterocycles. The number of hydrogen-bond acceptors (Lipinski definition) is 3. The highest BCUT2D eigenvalue weighted by molar-refractivity contribution is 4.96. The van der Waals surface area contributed by atoms with Gasteiger partial charge in [0.1, 0.15) is 0 Å². The van der Waals surface area contributed by atoms with E-state index in [1.54, 1.807) is 0 Å². The summed E-state index contributed by atoms with van der Waals surface area (Å²) >= 11 is 0. The van der Waals surface area contributed by atoms with Gasteiger partial charge in [-0.15, -0.1) is 0 Å². The molecule has 1 aliphatic rings. The summed E-state index contributed by atoms with van der Waals surface area (Å²) in [6.07, 6.45) is 1.56. The molecule has 0 aromatic heterocycles. The van der Waals surface area contributed by atoms with Crippen molar-refractivity contribution in [3.8, 4) is 0 Å². The van der Waals surface area contributed by atoms with Crippen LogP contribution in [0.15, 0.2) is 0 Å². The van der Waals surface area contributed by atoms with E-state index in [4.69, 9.17) is 0 Å². The van der Waals surface area contributed by atoms with Crippen molar-refractivity contribution in [2.24, 2.45) is 0 Å². The molecule has 0 saturated carbocycles. The highest BCUT2D eigenvalue weighted by Crippen LogP contribution is 2.26. The molecule has 3 heteroatoms. The van der Waals surface area contributed by atoms with Crippen LogP contribution < -0.4 is 0 Å². The second-order valence-corrected chi connectivity index (χ2v) is 4.57. The second kappa shape index (κ2) is 3.56. The zero-order valence-corrected chi connectivity index (χ0v) is 8.88. The Labute approximate surface area is 80.4 Å². The average Bonchev–Trinajstić information content (AvgIpc) is 2.01. The molecule has 0 aliphatic carbocycles. The predicted octanol–water partition coefficient (Wildman–Crippen LogP) is 0.604. The monoisotopic (exact) mass is 187 g/mol.